The van der Waals surface area contributed by atoms with Crippen LogP contribution in [0.3, 0.4) is 0 Å². The van der Waals surface area contributed by atoms with E-state index in [0.29, 0.717) is 11.3 Å². The molecule has 2 N–H and O–H groups in total. The second kappa shape index (κ2) is 8.51. The van der Waals surface area contributed by atoms with Crippen molar-refractivity contribution in [3.8, 4) is 0 Å². The van der Waals surface area contributed by atoms with Crippen LogP contribution in [-0.2, 0) is 4.79 Å². The van der Waals surface area contributed by atoms with Gasteiger partial charge in [-0.25, -0.2) is 4.99 Å². The number of guanidine groups is 1. The maximum absolute atomic E-state index is 11.7. The molecule has 1 aliphatic carbocycles. The Morgan fingerprint density at radius 3 is 2.62 bits per heavy atom. The summed E-state index contributed by atoms with van der Waals surface area (Å²) in [6.45, 7) is 1.16. The zero-order chi connectivity index (χ0) is 15.1. The predicted molar refractivity (Wildman–Crippen MR) is 89.9 cm³/mol. The molecule has 0 aromatic heterocycles. The summed E-state index contributed by atoms with van der Waals surface area (Å²) in [6.07, 6.45) is 7.60. The number of rotatable bonds is 5. The van der Waals surface area contributed by atoms with Crippen molar-refractivity contribution in [1.82, 2.24) is 15.5 Å². The average molecular weight is 312 g/mol. The van der Waals surface area contributed by atoms with Gasteiger partial charge in [0.1, 0.15) is 6.54 Å². The molecule has 0 bridgehead atoms. The molecule has 1 atom stereocenters. The molecule has 1 amide bonds. The van der Waals surface area contributed by atoms with Gasteiger partial charge in [0.05, 0.1) is 0 Å². The topological polar surface area (TPSA) is 56.7 Å². The van der Waals surface area contributed by atoms with Gasteiger partial charge in [-0.05, 0) is 31.4 Å². The first-order valence-electron chi connectivity index (χ1n) is 8.02. The molecule has 2 aliphatic rings. The fourth-order valence-electron chi connectivity index (χ4n) is 2.72. The Hall–Kier alpha value is -0.910. The summed E-state index contributed by atoms with van der Waals surface area (Å²) < 4.78 is 0. The Balaban J connectivity index is 1.84. The van der Waals surface area contributed by atoms with Crippen molar-refractivity contribution in [2.45, 2.75) is 49.8 Å². The van der Waals surface area contributed by atoms with Gasteiger partial charge in [-0.1, -0.05) is 12.8 Å². The van der Waals surface area contributed by atoms with Gasteiger partial charge < -0.3 is 15.5 Å². The lowest BCUT2D eigenvalue weighted by Gasteiger charge is -2.19. The summed E-state index contributed by atoms with van der Waals surface area (Å²) in [5.41, 5.74) is 0. The smallest absolute Gasteiger partial charge is 0.243 e. The number of nitrogens with one attached hydrogen (secondary N) is 2. The van der Waals surface area contributed by atoms with Gasteiger partial charge in [0.25, 0.3) is 0 Å². The molecule has 1 aliphatic heterocycles. The SMILES string of the molecule is CN(C)C(=O)CN=C(NCC1CCCS1)NC1CCCC1. The first kappa shape index (κ1) is 16.5. The molecule has 6 heteroatoms. The molecular weight excluding hydrogens is 284 g/mol. The minimum absolute atomic E-state index is 0.0396. The van der Waals surface area contributed by atoms with E-state index in [9.17, 15) is 4.79 Å². The van der Waals surface area contributed by atoms with E-state index in [1.165, 1.54) is 44.3 Å². The van der Waals surface area contributed by atoms with Crippen LogP contribution in [-0.4, -0.2) is 61.0 Å². The standard InChI is InChI=1S/C15H28N4OS/c1-19(2)14(20)11-17-15(18-12-6-3-4-7-12)16-10-13-8-5-9-21-13/h12-13H,3-11H2,1-2H3,(H2,16,17,18). The fourth-order valence-corrected chi connectivity index (χ4v) is 3.92. The monoisotopic (exact) mass is 312 g/mol. The summed E-state index contributed by atoms with van der Waals surface area (Å²) in [5, 5.41) is 7.61. The molecule has 0 aromatic carbocycles. The third-order valence-electron chi connectivity index (χ3n) is 4.09. The molecule has 1 heterocycles. The highest BCUT2D eigenvalue weighted by atomic mass is 32.2. The van der Waals surface area contributed by atoms with E-state index in [0.717, 1.165) is 12.5 Å². The first-order valence-corrected chi connectivity index (χ1v) is 9.06. The van der Waals surface area contributed by atoms with E-state index >= 15 is 0 Å². The molecule has 0 radical (unpaired) electrons. The lowest BCUT2D eigenvalue weighted by atomic mass is 10.2. The fraction of sp³-hybridized carbons (Fsp3) is 0.867. The molecule has 1 saturated heterocycles. The molecule has 0 aromatic rings. The number of hydrogen-bond acceptors (Lipinski definition) is 3. The van der Waals surface area contributed by atoms with Crippen molar-refractivity contribution in [3.63, 3.8) is 0 Å². The van der Waals surface area contributed by atoms with Crippen molar-refractivity contribution in [1.29, 1.82) is 0 Å². The highest BCUT2D eigenvalue weighted by Crippen LogP contribution is 2.25. The molecule has 5 nitrogen and oxygen atoms in total. The second-order valence-electron chi connectivity index (χ2n) is 6.09. The normalized spacial score (nSPS) is 23.3. The average Bonchev–Trinajstić information content (AvgIpc) is 3.14. The minimum atomic E-state index is 0.0396. The number of carbonyl (C=O) groups is 1. The van der Waals surface area contributed by atoms with Crippen molar-refractivity contribution in [2.24, 2.45) is 4.99 Å². The zero-order valence-electron chi connectivity index (χ0n) is 13.2. The van der Waals surface area contributed by atoms with Gasteiger partial charge in [0.2, 0.25) is 5.91 Å². The van der Waals surface area contributed by atoms with Gasteiger partial charge in [-0.15, -0.1) is 0 Å². The third-order valence-corrected chi connectivity index (χ3v) is 5.49. The summed E-state index contributed by atoms with van der Waals surface area (Å²) >= 11 is 2.04. The number of hydrogen-bond donors (Lipinski definition) is 2. The Morgan fingerprint density at radius 2 is 2.00 bits per heavy atom. The van der Waals surface area contributed by atoms with Crippen LogP contribution < -0.4 is 10.6 Å². The number of carbonyl (C=O) groups excluding carboxylic acids is 1. The second-order valence-corrected chi connectivity index (χ2v) is 7.50. The quantitative estimate of drug-likeness (QED) is 0.596. The van der Waals surface area contributed by atoms with Crippen LogP contribution in [0, 0.1) is 0 Å². The van der Waals surface area contributed by atoms with Crippen LogP contribution in [0.1, 0.15) is 38.5 Å². The number of likely N-dealkylation sites (N-methyl/N-ethyl adjacent to an activating group) is 1. The molecule has 1 saturated carbocycles. The van der Waals surface area contributed by atoms with Gasteiger partial charge in [0.15, 0.2) is 5.96 Å². The lowest BCUT2D eigenvalue weighted by molar-refractivity contribution is -0.127. The largest absolute Gasteiger partial charge is 0.355 e. The molecule has 2 rings (SSSR count). The molecule has 21 heavy (non-hydrogen) atoms. The molecule has 0 spiro atoms. The number of nitrogens with zero attached hydrogens (tertiary/aromatic N) is 2. The Kier molecular flexibility index (Phi) is 6.67. The summed E-state index contributed by atoms with van der Waals surface area (Å²) in [6, 6.07) is 0.516. The zero-order valence-corrected chi connectivity index (χ0v) is 14.0. The maximum atomic E-state index is 11.7. The molecule has 2 fully saturated rings. The third kappa shape index (κ3) is 5.77. The van der Waals surface area contributed by atoms with E-state index in [2.05, 4.69) is 15.6 Å². The van der Waals surface area contributed by atoms with Gasteiger partial charge in [-0.2, -0.15) is 11.8 Å². The van der Waals surface area contributed by atoms with E-state index < -0.39 is 0 Å². The molecule has 120 valence electrons. The maximum Gasteiger partial charge on any atom is 0.243 e. The van der Waals surface area contributed by atoms with Crippen LogP contribution in [0.2, 0.25) is 0 Å². The van der Waals surface area contributed by atoms with E-state index in [1.807, 2.05) is 11.8 Å². The van der Waals surface area contributed by atoms with E-state index in [1.54, 1.807) is 19.0 Å². The van der Waals surface area contributed by atoms with Crippen molar-refractivity contribution in [3.05, 3.63) is 0 Å². The summed E-state index contributed by atoms with van der Waals surface area (Å²) in [4.78, 5) is 17.8. The molecule has 1 unspecified atom stereocenters. The summed E-state index contributed by atoms with van der Waals surface area (Å²) in [7, 11) is 3.54. The Bertz CT molecular complexity index is 361. The highest BCUT2D eigenvalue weighted by molar-refractivity contribution is 8.00. The van der Waals surface area contributed by atoms with E-state index in [-0.39, 0.29) is 12.5 Å². The van der Waals surface area contributed by atoms with Crippen LogP contribution in [0.4, 0.5) is 0 Å². The molecular formula is C15H28N4OS. The van der Waals surface area contributed by atoms with Crippen molar-refractivity contribution >= 4 is 23.6 Å². The first-order chi connectivity index (χ1) is 10.1. The Labute approximate surface area is 132 Å². The van der Waals surface area contributed by atoms with Gasteiger partial charge >= 0.3 is 0 Å². The lowest BCUT2D eigenvalue weighted by Crippen LogP contribution is -2.45. The minimum Gasteiger partial charge on any atom is -0.355 e. The van der Waals surface area contributed by atoms with Gasteiger partial charge in [0, 0.05) is 31.9 Å². The van der Waals surface area contributed by atoms with Crippen molar-refractivity contribution in [2.75, 3.05) is 32.9 Å². The van der Waals surface area contributed by atoms with Crippen LogP contribution in [0.5, 0.6) is 0 Å². The van der Waals surface area contributed by atoms with Crippen LogP contribution in [0.25, 0.3) is 0 Å². The van der Waals surface area contributed by atoms with Crippen LogP contribution in [0.15, 0.2) is 4.99 Å². The van der Waals surface area contributed by atoms with Crippen molar-refractivity contribution < 1.29 is 4.79 Å². The number of thioether (sulfide) groups is 1. The number of amides is 1. The highest BCUT2D eigenvalue weighted by Gasteiger charge is 2.19. The Morgan fingerprint density at radius 1 is 1.24 bits per heavy atom. The van der Waals surface area contributed by atoms with E-state index in [4.69, 9.17) is 0 Å². The summed E-state index contributed by atoms with van der Waals surface area (Å²) in [5.74, 6) is 2.12. The van der Waals surface area contributed by atoms with Crippen LogP contribution >= 0.6 is 11.8 Å². The predicted octanol–water partition coefficient (Wildman–Crippen LogP) is 1.45. The van der Waals surface area contributed by atoms with Gasteiger partial charge in [-0.3, -0.25) is 4.79 Å². The number of aliphatic imine (C=N–C) groups is 1.